The lowest BCUT2D eigenvalue weighted by Gasteiger charge is -2.16. The first-order chi connectivity index (χ1) is 9.54. The highest BCUT2D eigenvalue weighted by molar-refractivity contribution is 5.94. The van der Waals surface area contributed by atoms with Crippen molar-refractivity contribution in [2.24, 2.45) is 0 Å². The minimum absolute atomic E-state index is 0. The first-order valence-corrected chi connectivity index (χ1v) is 6.47. The summed E-state index contributed by atoms with van der Waals surface area (Å²) >= 11 is 0. The maximum Gasteiger partial charge on any atom is 0.251 e. The number of hydrogen-bond donors (Lipinski definition) is 2. The van der Waals surface area contributed by atoms with E-state index in [0.29, 0.717) is 12.1 Å². The van der Waals surface area contributed by atoms with Crippen LogP contribution in [0.4, 0.5) is 4.39 Å². The van der Waals surface area contributed by atoms with Gasteiger partial charge in [0.2, 0.25) is 5.91 Å². The molecule has 1 aromatic rings. The van der Waals surface area contributed by atoms with E-state index in [1.54, 1.807) is 11.9 Å². The number of carbonyl (C=O) groups is 2. The number of rotatable bonds is 7. The van der Waals surface area contributed by atoms with Crippen molar-refractivity contribution >= 4 is 24.2 Å². The van der Waals surface area contributed by atoms with Crippen molar-refractivity contribution in [3.05, 3.63) is 35.6 Å². The van der Waals surface area contributed by atoms with Gasteiger partial charge in [-0.25, -0.2) is 4.39 Å². The predicted molar refractivity (Wildman–Crippen MR) is 82.2 cm³/mol. The molecule has 0 saturated carbocycles. The van der Waals surface area contributed by atoms with E-state index >= 15 is 0 Å². The Kier molecular flexibility index (Phi) is 9.32. The summed E-state index contributed by atoms with van der Waals surface area (Å²) in [5.41, 5.74) is 0.377. The van der Waals surface area contributed by atoms with E-state index in [1.165, 1.54) is 24.3 Å². The van der Waals surface area contributed by atoms with Gasteiger partial charge in [-0.1, -0.05) is 0 Å². The summed E-state index contributed by atoms with van der Waals surface area (Å²) in [7, 11) is 3.54. The first-order valence-electron chi connectivity index (χ1n) is 6.47. The quantitative estimate of drug-likeness (QED) is 0.790. The van der Waals surface area contributed by atoms with E-state index in [-0.39, 0.29) is 43.0 Å². The van der Waals surface area contributed by atoms with Crippen molar-refractivity contribution < 1.29 is 14.0 Å². The molecule has 0 aliphatic rings. The lowest BCUT2D eigenvalue weighted by Crippen LogP contribution is -2.35. The Morgan fingerprint density at radius 3 is 2.38 bits per heavy atom. The topological polar surface area (TPSA) is 61.4 Å². The molecule has 0 radical (unpaired) electrons. The smallest absolute Gasteiger partial charge is 0.251 e. The molecule has 1 aromatic carbocycles. The summed E-state index contributed by atoms with van der Waals surface area (Å²) in [6, 6.07) is 5.27. The average molecular weight is 318 g/mol. The minimum atomic E-state index is -0.386. The molecule has 2 amide bonds. The van der Waals surface area contributed by atoms with Gasteiger partial charge in [0.05, 0.1) is 0 Å². The monoisotopic (exact) mass is 317 g/mol. The van der Waals surface area contributed by atoms with Crippen molar-refractivity contribution in [2.75, 3.05) is 33.7 Å². The van der Waals surface area contributed by atoms with Gasteiger partial charge in [0.15, 0.2) is 0 Å². The molecule has 0 spiro atoms. The van der Waals surface area contributed by atoms with Crippen LogP contribution in [-0.2, 0) is 4.79 Å². The normalized spacial score (nSPS) is 9.67. The summed E-state index contributed by atoms with van der Waals surface area (Å²) in [6.45, 7) is 1.62. The van der Waals surface area contributed by atoms with Gasteiger partial charge in [0.25, 0.3) is 5.91 Å². The molecule has 0 atom stereocenters. The summed E-state index contributed by atoms with van der Waals surface area (Å²) in [4.78, 5) is 25.0. The van der Waals surface area contributed by atoms with E-state index < -0.39 is 0 Å². The van der Waals surface area contributed by atoms with Gasteiger partial charge < -0.3 is 15.5 Å². The van der Waals surface area contributed by atoms with Gasteiger partial charge in [0.1, 0.15) is 5.82 Å². The third kappa shape index (κ3) is 7.06. The van der Waals surface area contributed by atoms with E-state index in [9.17, 15) is 14.0 Å². The Balaban J connectivity index is 0.00000400. The van der Waals surface area contributed by atoms with Crippen LogP contribution in [0.3, 0.4) is 0 Å². The van der Waals surface area contributed by atoms with Crippen molar-refractivity contribution in [1.29, 1.82) is 0 Å². The number of nitrogens with zero attached hydrogens (tertiary/aromatic N) is 1. The molecule has 1 rings (SSSR count). The maximum atomic E-state index is 12.7. The number of amides is 2. The van der Waals surface area contributed by atoms with Crippen LogP contribution in [0.2, 0.25) is 0 Å². The van der Waals surface area contributed by atoms with Crippen molar-refractivity contribution in [1.82, 2.24) is 15.5 Å². The zero-order valence-electron chi connectivity index (χ0n) is 12.2. The number of benzene rings is 1. The van der Waals surface area contributed by atoms with Gasteiger partial charge in [0, 0.05) is 38.7 Å². The summed E-state index contributed by atoms with van der Waals surface area (Å²) in [6.07, 6.45) is 0.243. The second-order valence-electron chi connectivity index (χ2n) is 4.43. The van der Waals surface area contributed by atoms with Gasteiger partial charge in [-0.2, -0.15) is 0 Å². The lowest BCUT2D eigenvalue weighted by atomic mass is 10.2. The second kappa shape index (κ2) is 10.1. The molecule has 0 aromatic heterocycles. The third-order valence-electron chi connectivity index (χ3n) is 2.85. The SMILES string of the molecule is CNCCN(C)C(=O)CCNC(=O)c1ccc(F)cc1.Cl. The van der Waals surface area contributed by atoms with Crippen LogP contribution in [0, 0.1) is 5.82 Å². The van der Waals surface area contributed by atoms with E-state index in [2.05, 4.69) is 10.6 Å². The van der Waals surface area contributed by atoms with Crippen LogP contribution >= 0.6 is 12.4 Å². The van der Waals surface area contributed by atoms with Crippen LogP contribution in [0.1, 0.15) is 16.8 Å². The minimum Gasteiger partial charge on any atom is -0.352 e. The van der Waals surface area contributed by atoms with Gasteiger partial charge in [-0.15, -0.1) is 12.4 Å². The zero-order chi connectivity index (χ0) is 15.0. The molecule has 0 aliphatic heterocycles. The molecular weight excluding hydrogens is 297 g/mol. The van der Waals surface area contributed by atoms with Crippen LogP contribution in [0.25, 0.3) is 0 Å². The zero-order valence-corrected chi connectivity index (χ0v) is 13.0. The summed E-state index contributed by atoms with van der Waals surface area (Å²) in [5.74, 6) is -0.724. The fourth-order valence-corrected chi connectivity index (χ4v) is 1.58. The molecule has 0 aliphatic carbocycles. The van der Waals surface area contributed by atoms with Crippen LogP contribution < -0.4 is 10.6 Å². The number of likely N-dealkylation sites (N-methyl/N-ethyl adjacent to an activating group) is 2. The van der Waals surface area contributed by atoms with Crippen LogP contribution in [0.15, 0.2) is 24.3 Å². The van der Waals surface area contributed by atoms with Crippen molar-refractivity contribution in [2.45, 2.75) is 6.42 Å². The molecule has 0 heterocycles. The molecule has 2 N–H and O–H groups in total. The van der Waals surface area contributed by atoms with E-state index in [0.717, 1.165) is 6.54 Å². The van der Waals surface area contributed by atoms with E-state index in [1.807, 2.05) is 7.05 Å². The lowest BCUT2D eigenvalue weighted by molar-refractivity contribution is -0.129. The predicted octanol–water partition coefficient (Wildman–Crippen LogP) is 1.05. The molecule has 0 unspecified atom stereocenters. The second-order valence-corrected chi connectivity index (χ2v) is 4.43. The largest absolute Gasteiger partial charge is 0.352 e. The van der Waals surface area contributed by atoms with Crippen molar-refractivity contribution in [3.8, 4) is 0 Å². The Morgan fingerprint density at radius 2 is 1.81 bits per heavy atom. The average Bonchev–Trinajstić information content (AvgIpc) is 2.45. The molecule has 118 valence electrons. The van der Waals surface area contributed by atoms with E-state index in [4.69, 9.17) is 0 Å². The van der Waals surface area contributed by atoms with Crippen molar-refractivity contribution in [3.63, 3.8) is 0 Å². The Morgan fingerprint density at radius 1 is 1.19 bits per heavy atom. The van der Waals surface area contributed by atoms with Crippen LogP contribution in [-0.4, -0.2) is 50.4 Å². The van der Waals surface area contributed by atoms with Crippen LogP contribution in [0.5, 0.6) is 0 Å². The molecule has 0 bridgehead atoms. The Hall–Kier alpha value is -1.66. The molecule has 7 heteroatoms. The first kappa shape index (κ1) is 19.3. The summed E-state index contributed by atoms with van der Waals surface area (Å²) in [5, 5.41) is 5.60. The highest BCUT2D eigenvalue weighted by atomic mass is 35.5. The molecule has 0 saturated heterocycles. The molecule has 0 fully saturated rings. The molecular formula is C14H21ClFN3O2. The van der Waals surface area contributed by atoms with Gasteiger partial charge >= 0.3 is 0 Å². The molecule has 5 nitrogen and oxygen atoms in total. The number of carbonyl (C=O) groups excluding carboxylic acids is 2. The standard InChI is InChI=1S/C14H20FN3O2.ClH/c1-16-9-10-18(2)13(19)7-8-17-14(20)11-3-5-12(15)6-4-11;/h3-6,16H,7-10H2,1-2H3,(H,17,20);1H. The summed E-state index contributed by atoms with van der Waals surface area (Å²) < 4.78 is 12.7. The maximum absolute atomic E-state index is 12.7. The highest BCUT2D eigenvalue weighted by Crippen LogP contribution is 2.02. The fraction of sp³-hybridized carbons (Fsp3) is 0.429. The molecule has 21 heavy (non-hydrogen) atoms. The van der Waals surface area contributed by atoms with Gasteiger partial charge in [-0.05, 0) is 31.3 Å². The third-order valence-corrected chi connectivity index (χ3v) is 2.85. The number of nitrogens with one attached hydrogen (secondary N) is 2. The number of hydrogen-bond acceptors (Lipinski definition) is 3. The Bertz CT molecular complexity index is 454. The van der Waals surface area contributed by atoms with Gasteiger partial charge in [-0.3, -0.25) is 9.59 Å². The fourth-order valence-electron chi connectivity index (χ4n) is 1.58. The highest BCUT2D eigenvalue weighted by Gasteiger charge is 2.09. The Labute approximate surface area is 130 Å². The number of halogens is 2.